The van der Waals surface area contributed by atoms with Crippen LogP contribution in [0, 0.1) is 0 Å². The molecule has 1 aromatic carbocycles. The van der Waals surface area contributed by atoms with Crippen molar-refractivity contribution in [3.63, 3.8) is 0 Å². The molecule has 0 fully saturated rings. The highest BCUT2D eigenvalue weighted by atomic mass is 32.2. The van der Waals surface area contributed by atoms with E-state index in [-0.39, 0.29) is 16.3 Å². The van der Waals surface area contributed by atoms with Crippen molar-refractivity contribution >= 4 is 15.8 Å². The number of benzene rings is 1. The van der Waals surface area contributed by atoms with E-state index in [0.717, 1.165) is 19.3 Å². The van der Waals surface area contributed by atoms with Gasteiger partial charge in [-0.1, -0.05) is 39.0 Å². The number of nitrogens with two attached hydrogens (primary N) is 1. The van der Waals surface area contributed by atoms with E-state index < -0.39 is 10.1 Å². The van der Waals surface area contributed by atoms with Crippen LogP contribution >= 0.6 is 0 Å². The fourth-order valence-corrected chi connectivity index (χ4v) is 2.58. The SMILES string of the molecule is CCCCCCCCOc1ccc(N)cc1S(=O)(=O)O. The van der Waals surface area contributed by atoms with Gasteiger partial charge in [0.15, 0.2) is 0 Å². The van der Waals surface area contributed by atoms with Crippen molar-refractivity contribution in [3.8, 4) is 5.75 Å². The lowest BCUT2D eigenvalue weighted by atomic mass is 10.1. The van der Waals surface area contributed by atoms with E-state index in [4.69, 9.17) is 15.0 Å². The van der Waals surface area contributed by atoms with Crippen LogP contribution in [-0.2, 0) is 10.1 Å². The van der Waals surface area contributed by atoms with Crippen molar-refractivity contribution in [2.24, 2.45) is 0 Å². The Hall–Kier alpha value is -1.27. The quantitative estimate of drug-likeness (QED) is 0.415. The van der Waals surface area contributed by atoms with Crippen LogP contribution in [0.15, 0.2) is 23.1 Å². The van der Waals surface area contributed by atoms with Gasteiger partial charge in [-0.2, -0.15) is 8.42 Å². The summed E-state index contributed by atoms with van der Waals surface area (Å²) in [6, 6.07) is 4.21. The third kappa shape index (κ3) is 5.79. The van der Waals surface area contributed by atoms with Gasteiger partial charge >= 0.3 is 0 Å². The van der Waals surface area contributed by atoms with Crippen LogP contribution in [0.5, 0.6) is 5.75 Å². The summed E-state index contributed by atoms with van der Waals surface area (Å²) in [6.07, 6.45) is 6.74. The van der Waals surface area contributed by atoms with Crippen LogP contribution in [0.2, 0.25) is 0 Å². The monoisotopic (exact) mass is 301 g/mol. The third-order valence-corrected chi connectivity index (χ3v) is 3.88. The van der Waals surface area contributed by atoms with Gasteiger partial charge in [-0.05, 0) is 24.6 Å². The molecule has 0 saturated carbocycles. The molecular formula is C14H23NO4S. The number of rotatable bonds is 9. The smallest absolute Gasteiger partial charge is 0.298 e. The number of nitrogen functional groups attached to an aromatic ring is 1. The minimum absolute atomic E-state index is 0.148. The Bertz CT molecular complexity index is 514. The topological polar surface area (TPSA) is 89.6 Å². The Morgan fingerprint density at radius 3 is 2.45 bits per heavy atom. The Morgan fingerprint density at radius 1 is 1.15 bits per heavy atom. The summed E-state index contributed by atoms with van der Waals surface area (Å²) in [6.45, 7) is 2.60. The van der Waals surface area contributed by atoms with Gasteiger partial charge in [0.25, 0.3) is 10.1 Å². The fraction of sp³-hybridized carbons (Fsp3) is 0.571. The molecular weight excluding hydrogens is 278 g/mol. The van der Waals surface area contributed by atoms with Crippen LogP contribution in [0.3, 0.4) is 0 Å². The molecule has 1 aromatic rings. The van der Waals surface area contributed by atoms with E-state index in [1.165, 1.54) is 31.4 Å². The first-order chi connectivity index (χ1) is 9.45. The van der Waals surface area contributed by atoms with Crippen molar-refractivity contribution in [2.45, 2.75) is 50.3 Å². The number of ether oxygens (including phenoxy) is 1. The Labute approximate surface area is 120 Å². The van der Waals surface area contributed by atoms with Gasteiger partial charge in [0.1, 0.15) is 10.6 Å². The fourth-order valence-electron chi connectivity index (χ4n) is 1.91. The average Bonchev–Trinajstić information content (AvgIpc) is 2.38. The molecule has 1 rings (SSSR count). The van der Waals surface area contributed by atoms with E-state index in [2.05, 4.69) is 6.92 Å². The zero-order chi connectivity index (χ0) is 15.0. The van der Waals surface area contributed by atoms with Crippen LogP contribution < -0.4 is 10.5 Å². The summed E-state index contributed by atoms with van der Waals surface area (Å²) in [5.74, 6) is 0.148. The summed E-state index contributed by atoms with van der Waals surface area (Å²) in [7, 11) is -4.32. The predicted octanol–water partition coefficient (Wildman–Crippen LogP) is 3.25. The summed E-state index contributed by atoms with van der Waals surface area (Å²) < 4.78 is 37.0. The summed E-state index contributed by atoms with van der Waals surface area (Å²) >= 11 is 0. The second-order valence-electron chi connectivity index (χ2n) is 4.80. The first-order valence-electron chi connectivity index (χ1n) is 6.95. The molecule has 114 valence electrons. The van der Waals surface area contributed by atoms with Crippen LogP contribution in [0.1, 0.15) is 45.4 Å². The van der Waals surface area contributed by atoms with E-state index >= 15 is 0 Å². The molecule has 0 aliphatic carbocycles. The highest BCUT2D eigenvalue weighted by molar-refractivity contribution is 7.86. The van der Waals surface area contributed by atoms with Crippen molar-refractivity contribution < 1.29 is 17.7 Å². The molecule has 0 heterocycles. The lowest BCUT2D eigenvalue weighted by molar-refractivity contribution is 0.296. The Kier molecular flexibility index (Phi) is 6.81. The average molecular weight is 301 g/mol. The Morgan fingerprint density at radius 2 is 1.80 bits per heavy atom. The van der Waals surface area contributed by atoms with Crippen LogP contribution in [0.4, 0.5) is 5.69 Å². The molecule has 0 radical (unpaired) electrons. The van der Waals surface area contributed by atoms with Gasteiger partial charge in [0.2, 0.25) is 0 Å². The minimum atomic E-state index is -4.32. The van der Waals surface area contributed by atoms with E-state index in [9.17, 15) is 8.42 Å². The van der Waals surface area contributed by atoms with Crippen molar-refractivity contribution in [3.05, 3.63) is 18.2 Å². The molecule has 0 unspecified atom stereocenters. The summed E-state index contributed by atoms with van der Waals surface area (Å²) in [4.78, 5) is -0.275. The number of hydrogen-bond donors (Lipinski definition) is 2. The molecule has 6 heteroatoms. The molecule has 0 bridgehead atoms. The summed E-state index contributed by atoms with van der Waals surface area (Å²) in [5.41, 5.74) is 5.78. The normalized spacial score (nSPS) is 11.5. The van der Waals surface area contributed by atoms with Gasteiger partial charge in [-0.25, -0.2) is 0 Å². The maximum absolute atomic E-state index is 11.2. The number of hydrogen-bond acceptors (Lipinski definition) is 4. The summed E-state index contributed by atoms with van der Waals surface area (Å²) in [5, 5.41) is 0. The van der Waals surface area contributed by atoms with Crippen molar-refractivity contribution in [1.29, 1.82) is 0 Å². The van der Waals surface area contributed by atoms with E-state index in [0.29, 0.717) is 6.61 Å². The van der Waals surface area contributed by atoms with Gasteiger partial charge in [0, 0.05) is 5.69 Å². The molecule has 5 nitrogen and oxygen atoms in total. The second-order valence-corrected chi connectivity index (χ2v) is 6.19. The van der Waals surface area contributed by atoms with E-state index in [1.807, 2.05) is 0 Å². The van der Waals surface area contributed by atoms with Crippen molar-refractivity contribution in [1.82, 2.24) is 0 Å². The van der Waals surface area contributed by atoms with Gasteiger partial charge in [-0.3, -0.25) is 4.55 Å². The van der Waals surface area contributed by atoms with Gasteiger partial charge < -0.3 is 10.5 Å². The minimum Gasteiger partial charge on any atom is -0.492 e. The lowest BCUT2D eigenvalue weighted by Gasteiger charge is -2.10. The molecule has 0 saturated heterocycles. The molecule has 0 aliphatic rings. The van der Waals surface area contributed by atoms with E-state index in [1.54, 1.807) is 6.07 Å². The Balaban J connectivity index is 2.48. The number of anilines is 1. The first kappa shape index (κ1) is 16.8. The molecule has 3 N–H and O–H groups in total. The van der Waals surface area contributed by atoms with Crippen molar-refractivity contribution in [2.75, 3.05) is 12.3 Å². The predicted molar refractivity (Wildman–Crippen MR) is 79.5 cm³/mol. The molecule has 20 heavy (non-hydrogen) atoms. The zero-order valence-electron chi connectivity index (χ0n) is 11.8. The maximum atomic E-state index is 11.2. The first-order valence-corrected chi connectivity index (χ1v) is 8.39. The maximum Gasteiger partial charge on any atom is 0.298 e. The van der Waals surface area contributed by atoms with Gasteiger partial charge in [-0.15, -0.1) is 0 Å². The highest BCUT2D eigenvalue weighted by Crippen LogP contribution is 2.26. The molecule has 0 atom stereocenters. The number of unbranched alkanes of at least 4 members (excludes halogenated alkanes) is 5. The van der Waals surface area contributed by atoms with Crippen LogP contribution in [0.25, 0.3) is 0 Å². The molecule has 0 aliphatic heterocycles. The van der Waals surface area contributed by atoms with Crippen LogP contribution in [-0.4, -0.2) is 19.6 Å². The molecule has 0 aromatic heterocycles. The van der Waals surface area contributed by atoms with Gasteiger partial charge in [0.05, 0.1) is 6.61 Å². The molecule has 0 spiro atoms. The largest absolute Gasteiger partial charge is 0.492 e. The zero-order valence-corrected chi connectivity index (χ0v) is 12.7. The highest BCUT2D eigenvalue weighted by Gasteiger charge is 2.16. The second kappa shape index (κ2) is 8.11. The standard InChI is InChI=1S/C14H23NO4S/c1-2-3-4-5-6-7-10-19-13-9-8-12(15)11-14(13)20(16,17)18/h8-9,11H,2-7,10,15H2,1H3,(H,16,17,18). The molecule has 0 amide bonds. The third-order valence-electron chi connectivity index (χ3n) is 3.00. The lowest BCUT2D eigenvalue weighted by Crippen LogP contribution is -2.05.